The fraction of sp³-hybridized carbons (Fsp3) is 0.0667. The minimum Gasteiger partial charge on any atom is -0.465 e. The molecule has 0 aliphatic heterocycles. The minimum atomic E-state index is -0.372. The van der Waals surface area contributed by atoms with E-state index in [1.54, 1.807) is 12.1 Å². The summed E-state index contributed by atoms with van der Waals surface area (Å²) in [4.78, 5) is 24.7. The van der Waals surface area contributed by atoms with Crippen LogP contribution in [-0.2, 0) is 9.47 Å². The second-order valence-electron chi connectivity index (χ2n) is 8.35. The Morgan fingerprint density at radius 1 is 0.471 bits per heavy atom. The van der Waals surface area contributed by atoms with Gasteiger partial charge in [-0.05, 0) is 79.9 Å². The molecule has 0 N–H and O–H groups in total. The van der Waals surface area contributed by atoms with E-state index in [-0.39, 0.29) is 11.9 Å². The molecule has 0 bridgehead atoms. The lowest BCUT2D eigenvalue weighted by Crippen LogP contribution is -2.02. The SMILES string of the molecule is COC(=O)c1ccc2c(c1)/C(=C1\c3ccccc3-c3ccc(C(=O)OC)cc31)c1ccccc1-2. The fourth-order valence-corrected chi connectivity index (χ4v) is 5.16. The Balaban J connectivity index is 1.73. The van der Waals surface area contributed by atoms with Crippen LogP contribution in [0.15, 0.2) is 84.9 Å². The van der Waals surface area contributed by atoms with Crippen molar-refractivity contribution in [2.24, 2.45) is 0 Å². The number of ether oxygens (including phenoxy) is 2. The molecule has 164 valence electrons. The van der Waals surface area contributed by atoms with Crippen molar-refractivity contribution in [3.63, 3.8) is 0 Å². The lowest BCUT2D eigenvalue weighted by molar-refractivity contribution is 0.0592. The second-order valence-corrected chi connectivity index (χ2v) is 8.35. The summed E-state index contributed by atoms with van der Waals surface area (Å²) in [6, 6.07) is 27.9. The highest BCUT2D eigenvalue weighted by atomic mass is 16.5. The van der Waals surface area contributed by atoms with Crippen molar-refractivity contribution in [3.05, 3.63) is 118 Å². The van der Waals surface area contributed by atoms with Crippen molar-refractivity contribution in [1.82, 2.24) is 0 Å². The van der Waals surface area contributed by atoms with Gasteiger partial charge in [0, 0.05) is 0 Å². The molecule has 4 aromatic rings. The van der Waals surface area contributed by atoms with E-state index in [9.17, 15) is 9.59 Å². The third-order valence-corrected chi connectivity index (χ3v) is 6.64. The van der Waals surface area contributed by atoms with E-state index in [0.717, 1.165) is 55.7 Å². The Labute approximate surface area is 197 Å². The molecule has 4 nitrogen and oxygen atoms in total. The van der Waals surface area contributed by atoms with E-state index in [0.29, 0.717) is 11.1 Å². The maximum absolute atomic E-state index is 12.4. The third-order valence-electron chi connectivity index (χ3n) is 6.64. The molecular formula is C30H20O4. The molecule has 0 atom stereocenters. The average Bonchev–Trinajstić information content (AvgIpc) is 3.39. The maximum Gasteiger partial charge on any atom is 0.337 e. The number of hydrogen-bond donors (Lipinski definition) is 0. The first-order valence-electron chi connectivity index (χ1n) is 11.0. The molecule has 0 aromatic heterocycles. The summed E-state index contributed by atoms with van der Waals surface area (Å²) in [6.45, 7) is 0. The molecule has 0 saturated heterocycles. The molecule has 0 amide bonds. The predicted molar refractivity (Wildman–Crippen MR) is 131 cm³/mol. The molecule has 0 radical (unpaired) electrons. The summed E-state index contributed by atoms with van der Waals surface area (Å²) in [5.41, 5.74) is 11.6. The zero-order chi connectivity index (χ0) is 23.4. The van der Waals surface area contributed by atoms with Gasteiger partial charge in [0.1, 0.15) is 0 Å². The fourth-order valence-electron chi connectivity index (χ4n) is 5.16. The summed E-state index contributed by atoms with van der Waals surface area (Å²) in [5.74, 6) is -0.744. The molecule has 0 unspecified atom stereocenters. The molecule has 0 spiro atoms. The summed E-state index contributed by atoms with van der Waals surface area (Å²) >= 11 is 0. The Hall–Kier alpha value is -4.44. The number of fused-ring (bicyclic) bond motifs is 6. The average molecular weight is 444 g/mol. The van der Waals surface area contributed by atoms with Gasteiger partial charge in [-0.15, -0.1) is 0 Å². The monoisotopic (exact) mass is 444 g/mol. The highest BCUT2D eigenvalue weighted by Crippen LogP contribution is 2.54. The third kappa shape index (κ3) is 2.78. The number of rotatable bonds is 2. The zero-order valence-corrected chi connectivity index (χ0v) is 18.7. The number of carbonyl (C=O) groups is 2. The highest BCUT2D eigenvalue weighted by Gasteiger charge is 2.33. The molecule has 0 saturated carbocycles. The first kappa shape index (κ1) is 20.2. The topological polar surface area (TPSA) is 52.6 Å². The Morgan fingerprint density at radius 2 is 0.824 bits per heavy atom. The van der Waals surface area contributed by atoms with Gasteiger partial charge < -0.3 is 9.47 Å². The molecule has 2 aliphatic carbocycles. The van der Waals surface area contributed by atoms with Gasteiger partial charge in [0.2, 0.25) is 0 Å². The van der Waals surface area contributed by atoms with E-state index < -0.39 is 0 Å². The maximum atomic E-state index is 12.4. The van der Waals surface area contributed by atoms with E-state index in [2.05, 4.69) is 24.3 Å². The predicted octanol–water partition coefficient (Wildman–Crippen LogP) is 6.23. The first-order valence-corrected chi connectivity index (χ1v) is 11.0. The van der Waals surface area contributed by atoms with Crippen LogP contribution in [0.1, 0.15) is 43.0 Å². The summed E-state index contributed by atoms with van der Waals surface area (Å²) in [5, 5.41) is 0. The van der Waals surface area contributed by atoms with Crippen molar-refractivity contribution < 1.29 is 19.1 Å². The van der Waals surface area contributed by atoms with Gasteiger partial charge in [-0.25, -0.2) is 9.59 Å². The highest BCUT2D eigenvalue weighted by molar-refractivity contribution is 6.19. The molecule has 34 heavy (non-hydrogen) atoms. The van der Waals surface area contributed by atoms with Crippen molar-refractivity contribution in [2.75, 3.05) is 14.2 Å². The summed E-state index contributed by atoms with van der Waals surface area (Å²) in [6.07, 6.45) is 0. The minimum absolute atomic E-state index is 0.372. The van der Waals surface area contributed by atoms with Crippen molar-refractivity contribution in [1.29, 1.82) is 0 Å². The zero-order valence-electron chi connectivity index (χ0n) is 18.7. The molecule has 4 aromatic carbocycles. The molecule has 2 aliphatic rings. The van der Waals surface area contributed by atoms with Crippen molar-refractivity contribution >= 4 is 23.1 Å². The quantitative estimate of drug-likeness (QED) is 0.297. The van der Waals surface area contributed by atoms with Gasteiger partial charge in [0.05, 0.1) is 25.3 Å². The lowest BCUT2D eigenvalue weighted by atomic mass is 9.90. The van der Waals surface area contributed by atoms with E-state index in [1.165, 1.54) is 14.2 Å². The van der Waals surface area contributed by atoms with Gasteiger partial charge in [-0.3, -0.25) is 0 Å². The molecule has 0 fully saturated rings. The van der Waals surface area contributed by atoms with Crippen LogP contribution in [0.5, 0.6) is 0 Å². The lowest BCUT2D eigenvalue weighted by Gasteiger charge is -2.12. The number of methoxy groups -OCH3 is 2. The van der Waals surface area contributed by atoms with Gasteiger partial charge in [-0.1, -0.05) is 60.7 Å². The van der Waals surface area contributed by atoms with E-state index in [4.69, 9.17) is 9.47 Å². The number of hydrogen-bond acceptors (Lipinski definition) is 4. The normalized spacial score (nSPS) is 14.6. The summed E-state index contributed by atoms with van der Waals surface area (Å²) in [7, 11) is 2.78. The van der Waals surface area contributed by atoms with Crippen LogP contribution in [0, 0.1) is 0 Å². The molecule has 6 rings (SSSR count). The van der Waals surface area contributed by atoms with E-state index >= 15 is 0 Å². The van der Waals surface area contributed by atoms with Gasteiger partial charge in [0.25, 0.3) is 0 Å². The molecule has 0 heterocycles. The van der Waals surface area contributed by atoms with Gasteiger partial charge >= 0.3 is 11.9 Å². The summed E-state index contributed by atoms with van der Waals surface area (Å²) < 4.78 is 9.99. The molecular weight excluding hydrogens is 424 g/mol. The smallest absolute Gasteiger partial charge is 0.337 e. The largest absolute Gasteiger partial charge is 0.465 e. The van der Waals surface area contributed by atoms with Crippen LogP contribution >= 0.6 is 0 Å². The standard InChI is InChI=1S/C30H20O4/c1-33-29(31)17-11-13-21-19-7-3-5-9-23(19)27(25(21)15-17)28-24-10-6-4-8-20(24)22-14-12-18(16-26(22)28)30(32)34-2/h3-16H,1-2H3/b28-27+. The van der Waals surface area contributed by atoms with Crippen LogP contribution in [0.4, 0.5) is 0 Å². The number of carbonyl (C=O) groups excluding carboxylic acids is 2. The first-order chi connectivity index (χ1) is 16.6. The van der Waals surface area contributed by atoms with Crippen LogP contribution in [0.2, 0.25) is 0 Å². The van der Waals surface area contributed by atoms with E-state index in [1.807, 2.05) is 48.5 Å². The Morgan fingerprint density at radius 3 is 1.21 bits per heavy atom. The molecule has 4 heteroatoms. The van der Waals surface area contributed by atoms with Crippen LogP contribution in [0.3, 0.4) is 0 Å². The van der Waals surface area contributed by atoms with Crippen LogP contribution < -0.4 is 0 Å². The second kappa shape index (κ2) is 7.56. The number of benzene rings is 4. The van der Waals surface area contributed by atoms with Crippen molar-refractivity contribution in [2.45, 2.75) is 0 Å². The Bertz CT molecular complexity index is 1440. The van der Waals surface area contributed by atoms with Crippen molar-refractivity contribution in [3.8, 4) is 22.3 Å². The van der Waals surface area contributed by atoms with Crippen LogP contribution in [0.25, 0.3) is 33.4 Å². The van der Waals surface area contributed by atoms with Gasteiger partial charge in [-0.2, -0.15) is 0 Å². The number of esters is 2. The van der Waals surface area contributed by atoms with Crippen LogP contribution in [-0.4, -0.2) is 26.2 Å². The van der Waals surface area contributed by atoms with Gasteiger partial charge in [0.15, 0.2) is 0 Å². The Kier molecular flexibility index (Phi) is 4.49.